The van der Waals surface area contributed by atoms with Gasteiger partial charge >= 0.3 is 6.18 Å². The van der Waals surface area contributed by atoms with E-state index in [2.05, 4.69) is 15.5 Å². The normalized spacial score (nSPS) is 11.5. The number of carbonyl (C=O) groups excluding carboxylic acids is 1. The van der Waals surface area contributed by atoms with E-state index < -0.39 is 23.5 Å². The molecule has 2 aromatic carbocycles. The number of benzene rings is 2. The summed E-state index contributed by atoms with van der Waals surface area (Å²) in [5.41, 5.74) is -0.715. The Morgan fingerprint density at radius 3 is 2.48 bits per heavy atom. The lowest BCUT2D eigenvalue weighted by atomic mass is 10.1. The first-order chi connectivity index (χ1) is 13.7. The zero-order valence-corrected chi connectivity index (χ0v) is 16.4. The molecule has 0 aliphatic carbocycles. The third-order valence-electron chi connectivity index (χ3n) is 3.91. The van der Waals surface area contributed by atoms with Crippen molar-refractivity contribution in [3.8, 4) is 5.69 Å². The monoisotopic (exact) mass is 444 g/mol. The van der Waals surface area contributed by atoms with Crippen molar-refractivity contribution in [3.05, 3.63) is 70.3 Å². The molecule has 0 spiro atoms. The van der Waals surface area contributed by atoms with Crippen molar-refractivity contribution >= 4 is 29.3 Å². The predicted octanol–water partition coefficient (Wildman–Crippen LogP) is 4.73. The zero-order valence-electron chi connectivity index (χ0n) is 14.8. The van der Waals surface area contributed by atoms with Gasteiger partial charge in [-0.15, -0.1) is 10.2 Å². The minimum absolute atomic E-state index is 0.111. The van der Waals surface area contributed by atoms with E-state index in [1.54, 1.807) is 10.8 Å². The van der Waals surface area contributed by atoms with E-state index in [0.717, 1.165) is 12.1 Å². The minimum Gasteiger partial charge on any atom is -0.345 e. The Balaban J connectivity index is 1.85. The fourth-order valence-corrected chi connectivity index (χ4v) is 3.25. The topological polar surface area (TPSA) is 59.8 Å². The van der Waals surface area contributed by atoms with Crippen molar-refractivity contribution in [2.24, 2.45) is 0 Å². The molecule has 0 saturated carbocycles. The van der Waals surface area contributed by atoms with Gasteiger partial charge in [0.25, 0.3) is 5.91 Å². The molecular weight excluding hydrogens is 432 g/mol. The highest BCUT2D eigenvalue weighted by molar-refractivity contribution is 7.98. The van der Waals surface area contributed by atoms with Crippen molar-refractivity contribution in [2.45, 2.75) is 17.9 Å². The zero-order chi connectivity index (χ0) is 21.2. The third kappa shape index (κ3) is 4.70. The highest BCUT2D eigenvalue weighted by Crippen LogP contribution is 2.31. The van der Waals surface area contributed by atoms with Gasteiger partial charge in [0.1, 0.15) is 5.82 Å². The molecule has 3 aromatic rings. The number of amides is 1. The van der Waals surface area contributed by atoms with Crippen molar-refractivity contribution in [1.29, 1.82) is 0 Å². The molecule has 0 aliphatic rings. The van der Waals surface area contributed by atoms with Gasteiger partial charge in [0.2, 0.25) is 0 Å². The third-order valence-corrected chi connectivity index (χ3v) is 4.87. The number of nitrogens with zero attached hydrogens (tertiary/aromatic N) is 3. The van der Waals surface area contributed by atoms with Gasteiger partial charge in [-0.2, -0.15) is 13.2 Å². The Bertz CT molecular complexity index is 1040. The standard InChI is InChI=1S/C18H13ClF4N4OS/c1-29-17-26-25-15(27(17)12-5-3-11(20)4-6-12)9-24-16(28)13-8-10(18(21,22)23)2-7-14(13)19/h2-8H,9H2,1H3,(H,24,28). The van der Waals surface area contributed by atoms with E-state index >= 15 is 0 Å². The molecule has 0 aliphatic heterocycles. The van der Waals surface area contributed by atoms with Gasteiger partial charge in [0.05, 0.1) is 22.7 Å². The first kappa shape index (κ1) is 21.1. The molecule has 152 valence electrons. The SMILES string of the molecule is CSc1nnc(CNC(=O)c2cc(C(F)(F)F)ccc2Cl)n1-c1ccc(F)cc1. The minimum atomic E-state index is -4.60. The number of hydrogen-bond donors (Lipinski definition) is 1. The molecule has 1 heterocycles. The van der Waals surface area contributed by atoms with Crippen LogP contribution in [-0.2, 0) is 12.7 Å². The van der Waals surface area contributed by atoms with Crippen LogP contribution < -0.4 is 5.32 Å². The molecule has 0 bridgehead atoms. The number of aromatic nitrogens is 3. The van der Waals surface area contributed by atoms with Crippen LogP contribution in [0.2, 0.25) is 5.02 Å². The summed E-state index contributed by atoms with van der Waals surface area (Å²) >= 11 is 7.18. The molecule has 29 heavy (non-hydrogen) atoms. The van der Waals surface area contributed by atoms with Crippen LogP contribution in [0.1, 0.15) is 21.7 Å². The van der Waals surface area contributed by atoms with Crippen molar-refractivity contribution in [1.82, 2.24) is 20.1 Å². The number of rotatable bonds is 5. The Morgan fingerprint density at radius 2 is 1.86 bits per heavy atom. The molecule has 0 atom stereocenters. The fourth-order valence-electron chi connectivity index (χ4n) is 2.53. The summed E-state index contributed by atoms with van der Waals surface area (Å²) < 4.78 is 53.5. The highest BCUT2D eigenvalue weighted by Gasteiger charge is 2.31. The molecule has 5 nitrogen and oxygen atoms in total. The number of nitrogens with one attached hydrogen (secondary N) is 1. The Hall–Kier alpha value is -2.59. The summed E-state index contributed by atoms with van der Waals surface area (Å²) in [5.74, 6) is -0.889. The largest absolute Gasteiger partial charge is 0.416 e. The molecule has 1 aromatic heterocycles. The molecular formula is C18H13ClF4N4OS. The number of thioether (sulfide) groups is 1. The maximum Gasteiger partial charge on any atom is 0.416 e. The number of halogens is 5. The van der Waals surface area contributed by atoms with Crippen LogP contribution in [0.25, 0.3) is 5.69 Å². The second kappa shape index (κ2) is 8.42. The summed E-state index contributed by atoms with van der Waals surface area (Å²) in [6.07, 6.45) is -2.83. The Kier molecular flexibility index (Phi) is 6.13. The maximum absolute atomic E-state index is 13.2. The predicted molar refractivity (Wildman–Crippen MR) is 101 cm³/mol. The average Bonchev–Trinajstić information content (AvgIpc) is 3.09. The molecule has 1 N–H and O–H groups in total. The van der Waals surface area contributed by atoms with Crippen LogP contribution in [0.15, 0.2) is 47.6 Å². The number of alkyl halides is 3. The molecule has 3 rings (SSSR count). The first-order valence-corrected chi connectivity index (χ1v) is 9.70. The summed E-state index contributed by atoms with van der Waals surface area (Å²) in [6.45, 7) is -0.129. The van der Waals surface area contributed by atoms with Crippen molar-refractivity contribution in [3.63, 3.8) is 0 Å². The van der Waals surface area contributed by atoms with Gasteiger partial charge in [-0.1, -0.05) is 23.4 Å². The van der Waals surface area contributed by atoms with Gasteiger partial charge in [-0.3, -0.25) is 9.36 Å². The van der Waals surface area contributed by atoms with Crippen LogP contribution in [-0.4, -0.2) is 26.9 Å². The molecule has 0 unspecified atom stereocenters. The van der Waals surface area contributed by atoms with Crippen LogP contribution in [0.3, 0.4) is 0 Å². The summed E-state index contributed by atoms with van der Waals surface area (Å²) in [6, 6.07) is 8.09. The second-order valence-corrected chi connectivity index (χ2v) is 6.97. The van der Waals surface area contributed by atoms with Gasteiger partial charge < -0.3 is 5.32 Å². The smallest absolute Gasteiger partial charge is 0.345 e. The Labute approximate surface area is 172 Å². The second-order valence-electron chi connectivity index (χ2n) is 5.79. The van der Waals surface area contributed by atoms with E-state index in [1.165, 1.54) is 36.0 Å². The van der Waals surface area contributed by atoms with Gasteiger partial charge in [-0.05, 0) is 48.7 Å². The molecule has 11 heteroatoms. The Morgan fingerprint density at radius 1 is 1.17 bits per heavy atom. The van der Waals surface area contributed by atoms with Gasteiger partial charge in [0, 0.05) is 5.69 Å². The van der Waals surface area contributed by atoms with E-state index in [0.29, 0.717) is 22.7 Å². The van der Waals surface area contributed by atoms with Gasteiger partial charge in [-0.25, -0.2) is 4.39 Å². The van der Waals surface area contributed by atoms with E-state index in [1.807, 2.05) is 0 Å². The lowest BCUT2D eigenvalue weighted by molar-refractivity contribution is -0.137. The summed E-state index contributed by atoms with van der Waals surface area (Å²) in [4.78, 5) is 12.4. The van der Waals surface area contributed by atoms with E-state index in [4.69, 9.17) is 11.6 Å². The number of hydrogen-bond acceptors (Lipinski definition) is 4. The van der Waals surface area contributed by atoms with Gasteiger partial charge in [0.15, 0.2) is 11.0 Å². The highest BCUT2D eigenvalue weighted by atomic mass is 35.5. The lowest BCUT2D eigenvalue weighted by Crippen LogP contribution is -2.25. The van der Waals surface area contributed by atoms with Crippen LogP contribution in [0.4, 0.5) is 17.6 Å². The average molecular weight is 445 g/mol. The first-order valence-electron chi connectivity index (χ1n) is 8.10. The molecule has 0 fully saturated rings. The summed E-state index contributed by atoms with van der Waals surface area (Å²) in [5, 5.41) is 10.9. The lowest BCUT2D eigenvalue weighted by Gasteiger charge is -2.12. The van der Waals surface area contributed by atoms with E-state index in [9.17, 15) is 22.4 Å². The quantitative estimate of drug-likeness (QED) is 0.456. The van der Waals surface area contributed by atoms with Crippen LogP contribution in [0, 0.1) is 5.82 Å². The fraction of sp³-hybridized carbons (Fsp3) is 0.167. The van der Waals surface area contributed by atoms with E-state index in [-0.39, 0.29) is 17.1 Å². The molecule has 0 saturated heterocycles. The molecule has 0 radical (unpaired) electrons. The van der Waals surface area contributed by atoms with Crippen molar-refractivity contribution in [2.75, 3.05) is 6.26 Å². The maximum atomic E-state index is 13.2. The summed E-state index contributed by atoms with van der Waals surface area (Å²) in [7, 11) is 0. The van der Waals surface area contributed by atoms with Crippen molar-refractivity contribution < 1.29 is 22.4 Å². The molecule has 1 amide bonds. The van der Waals surface area contributed by atoms with Crippen LogP contribution >= 0.6 is 23.4 Å². The van der Waals surface area contributed by atoms with Crippen LogP contribution in [0.5, 0.6) is 0 Å². The number of carbonyl (C=O) groups is 1.